The number of nitrogens with two attached hydrogens (primary N) is 2. The fraction of sp³-hybridized carbons (Fsp3) is 0.115. The van der Waals surface area contributed by atoms with E-state index in [-0.39, 0.29) is 11.7 Å². The van der Waals surface area contributed by atoms with Crippen LogP contribution in [-0.4, -0.2) is 17.1 Å². The van der Waals surface area contributed by atoms with Crippen LogP contribution in [0.1, 0.15) is 41.3 Å². The molecule has 0 unspecified atom stereocenters. The van der Waals surface area contributed by atoms with Crippen LogP contribution < -0.4 is 11.5 Å². The zero-order valence-corrected chi connectivity index (χ0v) is 17.8. The van der Waals surface area contributed by atoms with Gasteiger partial charge in [-0.2, -0.15) is 0 Å². The second kappa shape index (κ2) is 8.23. The number of benzene rings is 3. The Hall–Kier alpha value is -4.06. The molecule has 0 atom stereocenters. The van der Waals surface area contributed by atoms with Gasteiger partial charge in [0.05, 0.1) is 11.2 Å². The number of pyridine rings is 1. The second-order valence-electron chi connectivity index (χ2n) is 7.99. The third-order valence-corrected chi connectivity index (χ3v) is 5.54. The number of nitrogens with one attached hydrogen (secondary N) is 1. The molecule has 32 heavy (non-hydrogen) atoms. The number of fused-ring (bicyclic) bond motifs is 1. The molecule has 0 radical (unpaired) electrons. The Bertz CT molecular complexity index is 1340. The number of nitrogens with zero attached hydrogens (tertiary/aromatic N) is 1. The smallest absolute Gasteiger partial charge is 0.248 e. The van der Waals surface area contributed by atoms with Crippen molar-refractivity contribution in [2.45, 2.75) is 19.8 Å². The molecule has 0 spiro atoms. The Morgan fingerprint density at radius 2 is 1.66 bits per heavy atom. The van der Waals surface area contributed by atoms with Gasteiger partial charge >= 0.3 is 0 Å². The molecular weight excluding hydrogens is 403 g/mol. The van der Waals surface area contributed by atoms with E-state index < -0.39 is 5.91 Å². The van der Waals surface area contributed by atoms with Gasteiger partial charge in [0.15, 0.2) is 0 Å². The molecular formula is C26H23FN4O. The van der Waals surface area contributed by atoms with Gasteiger partial charge in [-0.25, -0.2) is 9.37 Å². The summed E-state index contributed by atoms with van der Waals surface area (Å²) in [4.78, 5) is 16.4. The van der Waals surface area contributed by atoms with Crippen molar-refractivity contribution in [1.82, 2.24) is 4.98 Å². The third-order valence-electron chi connectivity index (χ3n) is 5.54. The maximum atomic E-state index is 13.7. The number of amides is 1. The highest BCUT2D eigenvalue weighted by molar-refractivity contribution is 6.04. The number of primary amides is 1. The van der Waals surface area contributed by atoms with Gasteiger partial charge in [0.25, 0.3) is 0 Å². The maximum absolute atomic E-state index is 13.7. The zero-order chi connectivity index (χ0) is 23.0. The monoisotopic (exact) mass is 426 g/mol. The highest BCUT2D eigenvalue weighted by atomic mass is 19.1. The average molecular weight is 426 g/mol. The van der Waals surface area contributed by atoms with Crippen LogP contribution in [0.15, 0.2) is 60.7 Å². The molecule has 6 heteroatoms. The van der Waals surface area contributed by atoms with Gasteiger partial charge in [-0.05, 0) is 59.0 Å². The minimum Gasteiger partial charge on any atom is -0.398 e. The lowest BCUT2D eigenvalue weighted by atomic mass is 9.86. The summed E-state index contributed by atoms with van der Waals surface area (Å²) in [7, 11) is 0. The minimum atomic E-state index is -0.494. The van der Waals surface area contributed by atoms with Crippen LogP contribution in [0.4, 0.5) is 10.1 Å². The van der Waals surface area contributed by atoms with Gasteiger partial charge in [0.1, 0.15) is 5.82 Å². The number of hydrogen-bond acceptors (Lipinski definition) is 4. The maximum Gasteiger partial charge on any atom is 0.248 e. The molecule has 0 fully saturated rings. The van der Waals surface area contributed by atoms with Gasteiger partial charge in [0, 0.05) is 34.0 Å². The summed E-state index contributed by atoms with van der Waals surface area (Å²) in [5, 5.41) is 8.56. The molecule has 160 valence electrons. The van der Waals surface area contributed by atoms with E-state index >= 15 is 0 Å². The number of carbonyl (C=O) groups excluding carboxylic acids is 1. The lowest BCUT2D eigenvalue weighted by Crippen LogP contribution is -2.10. The lowest BCUT2D eigenvalue weighted by Gasteiger charge is -2.21. The highest BCUT2D eigenvalue weighted by Gasteiger charge is 2.21. The van der Waals surface area contributed by atoms with Crippen LogP contribution >= 0.6 is 0 Å². The van der Waals surface area contributed by atoms with E-state index in [1.54, 1.807) is 30.3 Å². The van der Waals surface area contributed by atoms with Crippen molar-refractivity contribution in [2.75, 3.05) is 5.73 Å². The van der Waals surface area contributed by atoms with Crippen molar-refractivity contribution < 1.29 is 9.18 Å². The van der Waals surface area contributed by atoms with Crippen LogP contribution in [0.3, 0.4) is 0 Å². The van der Waals surface area contributed by atoms with Crippen molar-refractivity contribution in [3.05, 3.63) is 83.2 Å². The van der Waals surface area contributed by atoms with Crippen LogP contribution in [-0.2, 0) is 0 Å². The molecule has 4 rings (SSSR count). The van der Waals surface area contributed by atoms with Crippen molar-refractivity contribution in [2.24, 2.45) is 5.73 Å². The molecule has 0 saturated carbocycles. The Kier molecular flexibility index (Phi) is 5.45. The van der Waals surface area contributed by atoms with E-state index in [4.69, 9.17) is 21.9 Å². The Morgan fingerprint density at radius 1 is 1.03 bits per heavy atom. The summed E-state index contributed by atoms with van der Waals surface area (Å²) in [5.41, 5.74) is 18.0. The fourth-order valence-corrected chi connectivity index (χ4v) is 3.99. The van der Waals surface area contributed by atoms with Gasteiger partial charge < -0.3 is 16.9 Å². The molecule has 0 saturated heterocycles. The first-order valence-corrected chi connectivity index (χ1v) is 10.2. The molecule has 0 aliphatic carbocycles. The predicted octanol–water partition coefficient (Wildman–Crippen LogP) is 5.51. The molecule has 4 aromatic rings. The normalized spacial score (nSPS) is 11.1. The molecule has 1 amide bonds. The summed E-state index contributed by atoms with van der Waals surface area (Å²) >= 11 is 0. The predicted molar refractivity (Wildman–Crippen MR) is 127 cm³/mol. The first kappa shape index (κ1) is 21.2. The van der Waals surface area contributed by atoms with Crippen LogP contribution in [0.25, 0.3) is 33.3 Å². The topological polar surface area (TPSA) is 106 Å². The van der Waals surface area contributed by atoms with E-state index in [0.717, 1.165) is 33.3 Å². The summed E-state index contributed by atoms with van der Waals surface area (Å²) in [6.07, 6.45) is 1.22. The van der Waals surface area contributed by atoms with Gasteiger partial charge in [-0.15, -0.1) is 0 Å². The largest absolute Gasteiger partial charge is 0.398 e. The Morgan fingerprint density at radius 3 is 2.22 bits per heavy atom. The third kappa shape index (κ3) is 3.71. The summed E-state index contributed by atoms with van der Waals surface area (Å²) in [6, 6.07) is 17.0. The van der Waals surface area contributed by atoms with Gasteiger partial charge in [-0.1, -0.05) is 38.1 Å². The van der Waals surface area contributed by atoms with Crippen molar-refractivity contribution in [3.63, 3.8) is 0 Å². The molecule has 3 aromatic carbocycles. The van der Waals surface area contributed by atoms with Crippen molar-refractivity contribution in [3.8, 4) is 22.4 Å². The van der Waals surface area contributed by atoms with E-state index in [1.165, 1.54) is 18.3 Å². The lowest BCUT2D eigenvalue weighted by molar-refractivity contribution is 0.100. The number of nitrogen functional groups attached to an aromatic ring is 1. The second-order valence-corrected chi connectivity index (χ2v) is 7.99. The molecule has 1 aromatic heterocycles. The van der Waals surface area contributed by atoms with E-state index in [2.05, 4.69) is 13.8 Å². The molecule has 0 bridgehead atoms. The first-order chi connectivity index (χ1) is 15.3. The number of aromatic nitrogens is 1. The van der Waals surface area contributed by atoms with E-state index in [0.29, 0.717) is 22.3 Å². The fourth-order valence-electron chi connectivity index (χ4n) is 3.99. The van der Waals surface area contributed by atoms with Gasteiger partial charge in [0.2, 0.25) is 5.91 Å². The quantitative estimate of drug-likeness (QED) is 0.289. The Balaban J connectivity index is 2.12. The molecule has 1 heterocycles. The van der Waals surface area contributed by atoms with Crippen molar-refractivity contribution in [1.29, 1.82) is 5.41 Å². The average Bonchev–Trinajstić information content (AvgIpc) is 2.78. The SMILES string of the molecule is CC(C)c1c(-c2ccc(C(N)=O)cc2)nc2cc(N)c(C=N)cc2c1-c1ccc(F)cc1. The summed E-state index contributed by atoms with van der Waals surface area (Å²) in [5.74, 6) is -0.727. The van der Waals surface area contributed by atoms with E-state index in [1.807, 2.05) is 18.2 Å². The van der Waals surface area contributed by atoms with Crippen LogP contribution in [0, 0.1) is 11.2 Å². The molecule has 5 nitrogen and oxygen atoms in total. The summed E-state index contributed by atoms with van der Waals surface area (Å²) in [6.45, 7) is 4.15. The van der Waals surface area contributed by atoms with E-state index in [9.17, 15) is 9.18 Å². The number of carbonyl (C=O) groups is 1. The van der Waals surface area contributed by atoms with Crippen LogP contribution in [0.2, 0.25) is 0 Å². The van der Waals surface area contributed by atoms with Crippen LogP contribution in [0.5, 0.6) is 0 Å². The Labute approximate surface area is 185 Å². The summed E-state index contributed by atoms with van der Waals surface area (Å²) < 4.78 is 13.7. The number of hydrogen-bond donors (Lipinski definition) is 3. The number of rotatable bonds is 5. The van der Waals surface area contributed by atoms with Gasteiger partial charge in [-0.3, -0.25) is 4.79 Å². The first-order valence-electron chi connectivity index (χ1n) is 10.2. The number of halogens is 1. The number of anilines is 1. The molecule has 5 N–H and O–H groups in total. The minimum absolute atomic E-state index is 0.0822. The molecule has 0 aliphatic heterocycles. The highest BCUT2D eigenvalue weighted by Crippen LogP contribution is 2.41. The zero-order valence-electron chi connectivity index (χ0n) is 17.8. The van der Waals surface area contributed by atoms with Crippen molar-refractivity contribution >= 4 is 28.7 Å². The standard InChI is InChI=1S/C26H23FN4O/c1-14(2)23-24(15-7-9-19(27)10-8-15)20-11-18(13-28)21(29)12-22(20)31-25(23)16-3-5-17(6-4-16)26(30)32/h3-14,28H,29H2,1-2H3,(H2,30,32). The molecule has 0 aliphatic rings.